The minimum absolute atomic E-state index is 0.276. The molecule has 1 heterocycles. The topological polar surface area (TPSA) is 42.2 Å². The lowest BCUT2D eigenvalue weighted by atomic mass is 10.2. The predicted octanol–water partition coefficient (Wildman–Crippen LogP) is 5.84. The monoisotopic (exact) mass is 404 g/mol. The van der Waals surface area contributed by atoms with Crippen LogP contribution >= 0.6 is 11.6 Å². The maximum Gasteiger partial charge on any atom is 0.224 e. The highest BCUT2D eigenvalue weighted by Gasteiger charge is 2.09. The van der Waals surface area contributed by atoms with Gasteiger partial charge in [-0.2, -0.15) is 5.10 Å². The molecule has 0 saturated carbocycles. The van der Waals surface area contributed by atoms with E-state index in [0.29, 0.717) is 17.5 Å². The van der Waals surface area contributed by atoms with Gasteiger partial charge in [-0.15, -0.1) is 0 Å². The second kappa shape index (κ2) is 8.71. The lowest BCUT2D eigenvalue weighted by Crippen LogP contribution is -2.04. The third kappa shape index (κ3) is 4.89. The molecule has 0 fully saturated rings. The maximum absolute atomic E-state index is 13.1. The van der Waals surface area contributed by atoms with Crippen molar-refractivity contribution in [1.29, 1.82) is 0 Å². The third-order valence-corrected chi connectivity index (χ3v) is 4.57. The Hall–Kier alpha value is -3.44. The Morgan fingerprint density at radius 3 is 2.41 bits per heavy atom. The van der Waals surface area contributed by atoms with E-state index in [4.69, 9.17) is 16.6 Å². The quantitative estimate of drug-likeness (QED) is 0.410. The standard InChI is InChI=1S/C23H18ClFN4/c24-20-10-6-17(7-11-20)14-26-23-28-22(19-4-2-1-3-5-19)16-29(23)27-15-18-8-12-21(25)13-9-18/h1-13,15-16H,14H2,(H,26,28)/b27-15+. The zero-order valence-corrected chi connectivity index (χ0v) is 16.2. The summed E-state index contributed by atoms with van der Waals surface area (Å²) in [6.07, 6.45) is 3.53. The normalized spacial score (nSPS) is 11.1. The molecular formula is C23H18ClFN4. The van der Waals surface area contributed by atoms with E-state index in [2.05, 4.69) is 10.4 Å². The Balaban J connectivity index is 1.61. The smallest absolute Gasteiger partial charge is 0.224 e. The highest BCUT2D eigenvalue weighted by atomic mass is 35.5. The number of benzene rings is 3. The summed E-state index contributed by atoms with van der Waals surface area (Å²) in [5.41, 5.74) is 3.68. The fourth-order valence-corrected chi connectivity index (χ4v) is 2.91. The Labute approximate surface area is 173 Å². The van der Waals surface area contributed by atoms with Crippen molar-refractivity contribution in [2.75, 3.05) is 5.32 Å². The van der Waals surface area contributed by atoms with Crippen LogP contribution in [-0.2, 0) is 6.54 Å². The molecule has 0 aliphatic heterocycles. The molecule has 0 radical (unpaired) electrons. The molecule has 4 rings (SSSR count). The van der Waals surface area contributed by atoms with Crippen LogP contribution in [0.4, 0.5) is 10.3 Å². The van der Waals surface area contributed by atoms with Crippen molar-refractivity contribution in [2.45, 2.75) is 6.54 Å². The van der Waals surface area contributed by atoms with Crippen molar-refractivity contribution in [2.24, 2.45) is 5.10 Å². The molecule has 29 heavy (non-hydrogen) atoms. The number of nitrogens with zero attached hydrogens (tertiary/aromatic N) is 3. The van der Waals surface area contributed by atoms with Gasteiger partial charge < -0.3 is 5.32 Å². The zero-order valence-electron chi connectivity index (χ0n) is 15.5. The second-order valence-corrected chi connectivity index (χ2v) is 6.87. The van der Waals surface area contributed by atoms with Crippen LogP contribution in [0.25, 0.3) is 11.3 Å². The molecule has 0 atom stereocenters. The first kappa shape index (κ1) is 18.9. The van der Waals surface area contributed by atoms with Gasteiger partial charge in [0.2, 0.25) is 5.95 Å². The van der Waals surface area contributed by atoms with Gasteiger partial charge in [0, 0.05) is 17.1 Å². The molecule has 0 aliphatic rings. The molecule has 0 saturated heterocycles. The Morgan fingerprint density at radius 2 is 1.69 bits per heavy atom. The third-order valence-electron chi connectivity index (χ3n) is 4.32. The first-order valence-corrected chi connectivity index (χ1v) is 9.48. The number of anilines is 1. The SMILES string of the molecule is Fc1ccc(/C=N/n2cc(-c3ccccc3)nc2NCc2ccc(Cl)cc2)cc1. The van der Waals surface area contributed by atoms with Gasteiger partial charge in [0.05, 0.1) is 18.1 Å². The van der Waals surface area contributed by atoms with Crippen LogP contribution < -0.4 is 5.32 Å². The molecule has 1 aromatic heterocycles. The fraction of sp³-hybridized carbons (Fsp3) is 0.0435. The van der Waals surface area contributed by atoms with E-state index in [1.165, 1.54) is 12.1 Å². The lowest BCUT2D eigenvalue weighted by molar-refractivity contribution is 0.628. The van der Waals surface area contributed by atoms with E-state index in [1.54, 1.807) is 23.0 Å². The molecule has 0 aliphatic carbocycles. The van der Waals surface area contributed by atoms with E-state index < -0.39 is 0 Å². The van der Waals surface area contributed by atoms with Gasteiger partial charge in [-0.1, -0.05) is 66.2 Å². The molecular weight excluding hydrogens is 387 g/mol. The molecule has 1 N–H and O–H groups in total. The first-order chi connectivity index (χ1) is 14.2. The van der Waals surface area contributed by atoms with Crippen LogP contribution in [0.5, 0.6) is 0 Å². The Bertz CT molecular complexity index is 1100. The van der Waals surface area contributed by atoms with Gasteiger partial charge in [-0.3, -0.25) is 0 Å². The van der Waals surface area contributed by atoms with E-state index in [1.807, 2.05) is 60.8 Å². The molecule has 0 unspecified atom stereocenters. The highest BCUT2D eigenvalue weighted by Crippen LogP contribution is 2.21. The van der Waals surface area contributed by atoms with E-state index in [-0.39, 0.29) is 5.82 Å². The summed E-state index contributed by atoms with van der Waals surface area (Å²) in [7, 11) is 0. The van der Waals surface area contributed by atoms with Crippen LogP contribution in [0.2, 0.25) is 5.02 Å². The fourth-order valence-electron chi connectivity index (χ4n) is 2.79. The van der Waals surface area contributed by atoms with Gasteiger partial charge in [0.1, 0.15) is 5.82 Å². The van der Waals surface area contributed by atoms with E-state index in [9.17, 15) is 4.39 Å². The molecule has 3 aromatic carbocycles. The summed E-state index contributed by atoms with van der Waals surface area (Å²) in [5.74, 6) is 0.332. The van der Waals surface area contributed by atoms with Crippen molar-refractivity contribution in [3.63, 3.8) is 0 Å². The van der Waals surface area contributed by atoms with Crippen LogP contribution in [-0.4, -0.2) is 15.9 Å². The molecule has 0 bridgehead atoms. The minimum atomic E-state index is -0.276. The maximum atomic E-state index is 13.1. The predicted molar refractivity (Wildman–Crippen MR) is 116 cm³/mol. The van der Waals surface area contributed by atoms with Gasteiger partial charge >= 0.3 is 0 Å². The van der Waals surface area contributed by atoms with Gasteiger partial charge in [0.15, 0.2) is 0 Å². The summed E-state index contributed by atoms with van der Waals surface area (Å²) in [5, 5.41) is 8.52. The average molecular weight is 405 g/mol. The van der Waals surface area contributed by atoms with Crippen molar-refractivity contribution in [1.82, 2.24) is 9.66 Å². The number of imidazole rings is 1. The molecule has 4 nitrogen and oxygen atoms in total. The minimum Gasteiger partial charge on any atom is -0.350 e. The number of rotatable bonds is 6. The van der Waals surface area contributed by atoms with Crippen LogP contribution in [0.1, 0.15) is 11.1 Å². The number of aromatic nitrogens is 2. The van der Waals surface area contributed by atoms with Crippen molar-refractivity contribution < 1.29 is 4.39 Å². The van der Waals surface area contributed by atoms with Gasteiger partial charge in [-0.25, -0.2) is 14.1 Å². The summed E-state index contributed by atoms with van der Waals surface area (Å²) in [6.45, 7) is 0.578. The van der Waals surface area contributed by atoms with Crippen LogP contribution in [0.3, 0.4) is 0 Å². The summed E-state index contributed by atoms with van der Waals surface area (Å²) < 4.78 is 14.8. The number of halogens is 2. The Kier molecular flexibility index (Phi) is 5.68. The Morgan fingerprint density at radius 1 is 0.966 bits per heavy atom. The molecule has 4 aromatic rings. The number of nitrogens with one attached hydrogen (secondary N) is 1. The first-order valence-electron chi connectivity index (χ1n) is 9.10. The summed E-state index contributed by atoms with van der Waals surface area (Å²) in [6, 6.07) is 23.7. The lowest BCUT2D eigenvalue weighted by Gasteiger charge is -2.06. The number of hydrogen-bond acceptors (Lipinski definition) is 3. The van der Waals surface area contributed by atoms with Crippen molar-refractivity contribution in [3.8, 4) is 11.3 Å². The van der Waals surface area contributed by atoms with Gasteiger partial charge in [0.25, 0.3) is 0 Å². The van der Waals surface area contributed by atoms with E-state index >= 15 is 0 Å². The van der Waals surface area contributed by atoms with Crippen LogP contribution in [0.15, 0.2) is 90.2 Å². The average Bonchev–Trinajstić information content (AvgIpc) is 3.17. The van der Waals surface area contributed by atoms with E-state index in [0.717, 1.165) is 22.4 Å². The molecule has 6 heteroatoms. The second-order valence-electron chi connectivity index (χ2n) is 6.44. The summed E-state index contributed by atoms with van der Waals surface area (Å²) in [4.78, 5) is 4.69. The largest absolute Gasteiger partial charge is 0.350 e. The van der Waals surface area contributed by atoms with Crippen LogP contribution in [0, 0.1) is 5.82 Å². The molecule has 144 valence electrons. The summed E-state index contributed by atoms with van der Waals surface area (Å²) >= 11 is 5.95. The zero-order chi connectivity index (χ0) is 20.1. The molecule has 0 spiro atoms. The van der Waals surface area contributed by atoms with Crippen molar-refractivity contribution in [3.05, 3.63) is 107 Å². The number of hydrogen-bond donors (Lipinski definition) is 1. The highest BCUT2D eigenvalue weighted by molar-refractivity contribution is 6.30. The van der Waals surface area contributed by atoms with Gasteiger partial charge in [-0.05, 0) is 35.4 Å². The molecule has 0 amide bonds. The van der Waals surface area contributed by atoms with Crippen molar-refractivity contribution >= 4 is 23.8 Å².